The predicted octanol–water partition coefficient (Wildman–Crippen LogP) is 1.26. The maximum absolute atomic E-state index is 11.2. The number of anilines is 2. The molecule has 0 atom stereocenters. The van der Waals surface area contributed by atoms with Gasteiger partial charge in [-0.05, 0) is 18.2 Å². The average Bonchev–Trinajstić information content (AvgIpc) is 2.39. The van der Waals surface area contributed by atoms with E-state index < -0.39 is 5.84 Å². The quantitative estimate of drug-likeness (QED) is 0.360. The number of carbonyl (C=O) groups is 1. The number of hydrazone groups is 1. The van der Waals surface area contributed by atoms with Crippen LogP contribution in [0.2, 0.25) is 0 Å². The summed E-state index contributed by atoms with van der Waals surface area (Å²) in [5.41, 5.74) is 8.75. The highest BCUT2D eigenvalue weighted by Gasteiger charge is 2.02. The highest BCUT2D eigenvalue weighted by atomic mass is 16.1. The molecule has 0 bridgehead atoms. The number of benzene rings is 1. The van der Waals surface area contributed by atoms with E-state index >= 15 is 0 Å². The first-order valence-corrected chi connectivity index (χ1v) is 5.55. The molecule has 1 aromatic carbocycles. The number of nitrogens with two attached hydrogens (primary N) is 1. The van der Waals surface area contributed by atoms with E-state index in [9.17, 15) is 4.79 Å². The van der Waals surface area contributed by atoms with Crippen LogP contribution in [0, 0.1) is 16.7 Å². The van der Waals surface area contributed by atoms with Crippen molar-refractivity contribution >= 4 is 28.8 Å². The van der Waals surface area contributed by atoms with Crippen molar-refractivity contribution in [2.24, 2.45) is 10.8 Å². The lowest BCUT2D eigenvalue weighted by Crippen LogP contribution is -2.21. The summed E-state index contributed by atoms with van der Waals surface area (Å²) in [5.74, 6) is -0.507. The van der Waals surface area contributed by atoms with Crippen LogP contribution in [0.15, 0.2) is 29.4 Å². The van der Waals surface area contributed by atoms with Gasteiger partial charge in [-0.3, -0.25) is 15.6 Å². The van der Waals surface area contributed by atoms with E-state index in [1.54, 1.807) is 37.3 Å². The van der Waals surface area contributed by atoms with E-state index in [1.807, 2.05) is 0 Å². The Labute approximate surface area is 110 Å². The lowest BCUT2D eigenvalue weighted by atomic mass is 10.2. The van der Waals surface area contributed by atoms with Gasteiger partial charge in [0, 0.05) is 12.1 Å². The summed E-state index contributed by atoms with van der Waals surface area (Å²) in [7, 11) is 0. The van der Waals surface area contributed by atoms with E-state index in [0.29, 0.717) is 17.8 Å². The Morgan fingerprint density at radius 3 is 2.79 bits per heavy atom. The Kier molecular flexibility index (Phi) is 5.04. The van der Waals surface area contributed by atoms with Crippen molar-refractivity contribution in [3.05, 3.63) is 24.3 Å². The molecule has 7 nitrogen and oxygen atoms in total. The minimum absolute atomic E-state index is 0.0953. The van der Waals surface area contributed by atoms with Crippen molar-refractivity contribution in [3.63, 3.8) is 0 Å². The van der Waals surface area contributed by atoms with Gasteiger partial charge in [-0.25, -0.2) is 0 Å². The molecular formula is C12H14N6O. The molecule has 98 valence electrons. The lowest BCUT2D eigenvalue weighted by molar-refractivity contribution is -0.115. The van der Waals surface area contributed by atoms with Crippen LogP contribution in [0.1, 0.15) is 13.3 Å². The smallest absolute Gasteiger partial charge is 0.224 e. The van der Waals surface area contributed by atoms with Crippen molar-refractivity contribution < 1.29 is 4.79 Å². The minimum Gasteiger partial charge on any atom is -0.382 e. The summed E-state index contributed by atoms with van der Waals surface area (Å²) < 4.78 is 0. The Balaban J connectivity index is 2.81. The van der Waals surface area contributed by atoms with Crippen LogP contribution in [0.25, 0.3) is 0 Å². The standard InChI is InChI=1S/C12H14N6O/c1-2-11(19)16-8-4-3-5-9(6-8)17-18-10(7-13)12(14)15/h3-6,17H,2H2,1H3,(H3,14,15)(H,16,19)/b18-10+. The topological polar surface area (TPSA) is 127 Å². The molecular weight excluding hydrogens is 244 g/mol. The van der Waals surface area contributed by atoms with E-state index in [4.69, 9.17) is 16.4 Å². The predicted molar refractivity (Wildman–Crippen MR) is 73.9 cm³/mol. The fraction of sp³-hybridized carbons (Fsp3) is 0.167. The van der Waals surface area contributed by atoms with Crippen molar-refractivity contribution in [2.75, 3.05) is 10.7 Å². The number of nitrogens with zero attached hydrogens (tertiary/aromatic N) is 2. The van der Waals surface area contributed by atoms with E-state index in [0.717, 1.165) is 0 Å². The highest BCUT2D eigenvalue weighted by Crippen LogP contribution is 2.15. The zero-order valence-electron chi connectivity index (χ0n) is 10.4. The normalized spacial score (nSPS) is 10.4. The van der Waals surface area contributed by atoms with Crippen LogP contribution in [0.4, 0.5) is 11.4 Å². The monoisotopic (exact) mass is 258 g/mol. The van der Waals surface area contributed by atoms with Crippen LogP contribution in [-0.2, 0) is 4.79 Å². The third kappa shape index (κ3) is 4.47. The molecule has 0 heterocycles. The van der Waals surface area contributed by atoms with Gasteiger partial charge in [0.1, 0.15) is 6.07 Å². The number of nitrogens with one attached hydrogen (secondary N) is 3. The first kappa shape index (κ1) is 14.2. The summed E-state index contributed by atoms with van der Waals surface area (Å²) in [6.45, 7) is 1.76. The van der Waals surface area contributed by atoms with Gasteiger partial charge < -0.3 is 11.1 Å². The van der Waals surface area contributed by atoms with E-state index in [1.165, 1.54) is 0 Å². The molecule has 0 saturated carbocycles. The molecule has 0 aromatic heterocycles. The minimum atomic E-state index is -0.412. The zero-order chi connectivity index (χ0) is 14.3. The van der Waals surface area contributed by atoms with Gasteiger partial charge in [0.05, 0.1) is 5.69 Å². The first-order chi connectivity index (χ1) is 9.06. The molecule has 1 rings (SSSR count). The van der Waals surface area contributed by atoms with Gasteiger partial charge in [-0.1, -0.05) is 13.0 Å². The van der Waals surface area contributed by atoms with Crippen LogP contribution in [0.5, 0.6) is 0 Å². The number of hydrogen-bond donors (Lipinski definition) is 4. The third-order valence-electron chi connectivity index (χ3n) is 2.13. The summed E-state index contributed by atoms with van der Waals surface area (Å²) >= 11 is 0. The molecule has 19 heavy (non-hydrogen) atoms. The zero-order valence-corrected chi connectivity index (χ0v) is 10.4. The second kappa shape index (κ2) is 6.76. The average molecular weight is 258 g/mol. The van der Waals surface area contributed by atoms with E-state index in [2.05, 4.69) is 15.8 Å². The Hall–Kier alpha value is -2.88. The Morgan fingerprint density at radius 1 is 1.53 bits per heavy atom. The fourth-order valence-electron chi connectivity index (χ4n) is 1.18. The van der Waals surface area contributed by atoms with Gasteiger partial charge in [-0.2, -0.15) is 10.4 Å². The number of hydrogen-bond acceptors (Lipinski definition) is 5. The molecule has 0 fully saturated rings. The van der Waals surface area contributed by atoms with Crippen molar-refractivity contribution in [1.82, 2.24) is 0 Å². The van der Waals surface area contributed by atoms with Crippen molar-refractivity contribution in [1.29, 1.82) is 10.7 Å². The molecule has 0 saturated heterocycles. The van der Waals surface area contributed by atoms with Gasteiger partial charge in [0.15, 0.2) is 5.84 Å². The number of amidine groups is 1. The Bertz CT molecular complexity index is 558. The highest BCUT2D eigenvalue weighted by molar-refractivity contribution is 6.45. The molecule has 0 radical (unpaired) electrons. The van der Waals surface area contributed by atoms with Crippen molar-refractivity contribution in [2.45, 2.75) is 13.3 Å². The van der Waals surface area contributed by atoms with Crippen LogP contribution >= 0.6 is 0 Å². The second-order valence-electron chi connectivity index (χ2n) is 3.58. The molecule has 0 aliphatic heterocycles. The maximum Gasteiger partial charge on any atom is 0.224 e. The molecule has 1 amide bonds. The van der Waals surface area contributed by atoms with Gasteiger partial charge in [0.25, 0.3) is 0 Å². The number of rotatable bonds is 5. The maximum atomic E-state index is 11.2. The lowest BCUT2D eigenvalue weighted by Gasteiger charge is -2.06. The SMILES string of the molecule is CCC(=O)Nc1cccc(N/N=C(\C#N)C(=N)N)c1. The van der Waals surface area contributed by atoms with Crippen LogP contribution in [0.3, 0.4) is 0 Å². The Morgan fingerprint density at radius 2 is 2.21 bits per heavy atom. The molecule has 0 unspecified atom stereocenters. The van der Waals surface area contributed by atoms with Gasteiger partial charge in [-0.15, -0.1) is 0 Å². The number of amides is 1. The number of carbonyl (C=O) groups excluding carboxylic acids is 1. The van der Waals surface area contributed by atoms with Crippen LogP contribution in [-0.4, -0.2) is 17.5 Å². The summed E-state index contributed by atoms with van der Waals surface area (Å²) in [4.78, 5) is 11.2. The molecule has 0 aliphatic carbocycles. The number of nitriles is 1. The molecule has 7 heteroatoms. The van der Waals surface area contributed by atoms with Gasteiger partial charge >= 0.3 is 0 Å². The molecule has 1 aromatic rings. The van der Waals surface area contributed by atoms with Gasteiger partial charge in [0.2, 0.25) is 11.6 Å². The molecule has 5 N–H and O–H groups in total. The van der Waals surface area contributed by atoms with Crippen molar-refractivity contribution in [3.8, 4) is 6.07 Å². The molecule has 0 spiro atoms. The largest absolute Gasteiger partial charge is 0.382 e. The first-order valence-electron chi connectivity index (χ1n) is 5.55. The van der Waals surface area contributed by atoms with Crippen LogP contribution < -0.4 is 16.5 Å². The fourth-order valence-corrected chi connectivity index (χ4v) is 1.18. The summed E-state index contributed by atoms with van der Waals surface area (Å²) in [6.07, 6.45) is 0.388. The van der Waals surface area contributed by atoms with E-state index in [-0.39, 0.29) is 11.6 Å². The molecule has 0 aliphatic rings. The second-order valence-corrected chi connectivity index (χ2v) is 3.58. The summed E-state index contributed by atoms with van der Waals surface area (Å²) in [6, 6.07) is 8.52. The third-order valence-corrected chi connectivity index (χ3v) is 2.13. The summed E-state index contributed by atoms with van der Waals surface area (Å²) in [5, 5.41) is 22.2.